The first kappa shape index (κ1) is 22.9. The van der Waals surface area contributed by atoms with Gasteiger partial charge in [0, 0.05) is 25.6 Å². The van der Waals surface area contributed by atoms with Crippen LogP contribution >= 0.6 is 11.3 Å². The molecule has 3 aromatic carbocycles. The zero-order valence-corrected chi connectivity index (χ0v) is 20.1. The molecule has 4 rings (SSSR count). The summed E-state index contributed by atoms with van der Waals surface area (Å²) in [4.78, 5) is 17.3. The SMILES string of the molecule is Cc1ccc(S(=O)(=O)N(C)c2ccc(C(=O)NCCCc3nc4ccccc4s3)cc2)cc1. The van der Waals surface area contributed by atoms with Gasteiger partial charge in [0.05, 0.1) is 25.8 Å². The largest absolute Gasteiger partial charge is 0.352 e. The second kappa shape index (κ2) is 9.72. The summed E-state index contributed by atoms with van der Waals surface area (Å²) in [6.45, 7) is 2.45. The molecule has 0 aliphatic rings. The van der Waals surface area contributed by atoms with E-state index >= 15 is 0 Å². The van der Waals surface area contributed by atoms with Crippen LogP contribution < -0.4 is 9.62 Å². The molecule has 33 heavy (non-hydrogen) atoms. The van der Waals surface area contributed by atoms with Crippen molar-refractivity contribution in [2.75, 3.05) is 17.9 Å². The highest BCUT2D eigenvalue weighted by atomic mass is 32.2. The Labute approximate surface area is 198 Å². The summed E-state index contributed by atoms with van der Waals surface area (Å²) < 4.78 is 28.1. The fourth-order valence-corrected chi connectivity index (χ4v) is 5.60. The molecule has 1 N–H and O–H groups in total. The zero-order chi connectivity index (χ0) is 23.4. The Morgan fingerprint density at radius 1 is 1.00 bits per heavy atom. The number of aromatic nitrogens is 1. The maximum Gasteiger partial charge on any atom is 0.264 e. The summed E-state index contributed by atoms with van der Waals surface area (Å²) in [5.41, 5.74) is 2.98. The fourth-order valence-electron chi connectivity index (χ4n) is 3.40. The van der Waals surface area contributed by atoms with Crippen LogP contribution in [0.4, 0.5) is 5.69 Å². The number of sulfonamides is 1. The number of nitrogens with zero attached hydrogens (tertiary/aromatic N) is 2. The van der Waals surface area contributed by atoms with Gasteiger partial charge in [0.2, 0.25) is 0 Å². The summed E-state index contributed by atoms with van der Waals surface area (Å²) in [6.07, 6.45) is 1.60. The molecule has 1 amide bonds. The quantitative estimate of drug-likeness (QED) is 0.369. The Balaban J connectivity index is 1.32. The lowest BCUT2D eigenvalue weighted by atomic mass is 10.2. The highest BCUT2D eigenvalue weighted by Crippen LogP contribution is 2.23. The molecule has 4 aromatic rings. The molecular formula is C25H25N3O3S2. The molecule has 0 fully saturated rings. The Morgan fingerprint density at radius 2 is 1.70 bits per heavy atom. The Kier molecular flexibility index (Phi) is 6.76. The summed E-state index contributed by atoms with van der Waals surface area (Å²) in [6, 6.07) is 21.3. The van der Waals surface area contributed by atoms with Gasteiger partial charge >= 0.3 is 0 Å². The molecule has 0 unspecified atom stereocenters. The lowest BCUT2D eigenvalue weighted by molar-refractivity contribution is 0.0953. The number of rotatable bonds is 8. The number of para-hydroxylation sites is 1. The topological polar surface area (TPSA) is 79.4 Å². The van der Waals surface area contributed by atoms with Gasteiger partial charge in [0.1, 0.15) is 0 Å². The standard InChI is InChI=1S/C25H25N3O3S2/c1-18-9-15-21(16-10-18)33(30,31)28(2)20-13-11-19(12-14-20)25(29)26-17-5-8-24-27-22-6-3-4-7-23(22)32-24/h3-4,6-7,9-16H,5,8,17H2,1-2H3,(H,26,29). The van der Waals surface area contributed by atoms with E-state index < -0.39 is 10.0 Å². The number of fused-ring (bicyclic) bond motifs is 1. The first-order chi connectivity index (χ1) is 15.8. The van der Waals surface area contributed by atoms with Crippen LogP contribution in [0.3, 0.4) is 0 Å². The number of thiazole rings is 1. The smallest absolute Gasteiger partial charge is 0.264 e. The van der Waals surface area contributed by atoms with Crippen LogP contribution in [0, 0.1) is 6.92 Å². The number of amides is 1. The number of hydrogen-bond acceptors (Lipinski definition) is 5. The maximum atomic E-state index is 12.9. The van der Waals surface area contributed by atoms with Crippen LogP contribution in [-0.4, -0.2) is 32.9 Å². The van der Waals surface area contributed by atoms with Crippen LogP contribution in [0.5, 0.6) is 0 Å². The van der Waals surface area contributed by atoms with Gasteiger partial charge in [0.15, 0.2) is 0 Å². The fraction of sp³-hybridized carbons (Fsp3) is 0.200. The first-order valence-electron chi connectivity index (χ1n) is 10.6. The Morgan fingerprint density at radius 3 is 2.39 bits per heavy atom. The minimum absolute atomic E-state index is 0.185. The van der Waals surface area contributed by atoms with Crippen LogP contribution in [-0.2, 0) is 16.4 Å². The van der Waals surface area contributed by atoms with Gasteiger partial charge in [-0.3, -0.25) is 9.10 Å². The van der Waals surface area contributed by atoms with Gasteiger partial charge < -0.3 is 5.32 Å². The number of aryl methyl sites for hydroxylation is 2. The summed E-state index contributed by atoms with van der Waals surface area (Å²) in [5.74, 6) is -0.185. The monoisotopic (exact) mass is 479 g/mol. The Hall–Kier alpha value is -3.23. The van der Waals surface area contributed by atoms with E-state index in [0.29, 0.717) is 17.8 Å². The van der Waals surface area contributed by atoms with Crippen molar-refractivity contribution in [1.29, 1.82) is 0 Å². The van der Waals surface area contributed by atoms with Crippen molar-refractivity contribution in [3.05, 3.63) is 88.9 Å². The summed E-state index contributed by atoms with van der Waals surface area (Å²) in [7, 11) is -2.16. The highest BCUT2D eigenvalue weighted by Gasteiger charge is 2.21. The third kappa shape index (κ3) is 5.23. The van der Waals surface area contributed by atoms with Gasteiger partial charge in [0.25, 0.3) is 15.9 Å². The average molecular weight is 480 g/mol. The van der Waals surface area contributed by atoms with Gasteiger partial charge in [-0.2, -0.15) is 0 Å². The van der Waals surface area contributed by atoms with Crippen molar-refractivity contribution in [3.8, 4) is 0 Å². The average Bonchev–Trinajstić information content (AvgIpc) is 3.24. The summed E-state index contributed by atoms with van der Waals surface area (Å²) in [5, 5.41) is 3.98. The minimum atomic E-state index is -3.67. The van der Waals surface area contributed by atoms with Gasteiger partial charge in [-0.15, -0.1) is 11.3 Å². The van der Waals surface area contributed by atoms with Gasteiger partial charge in [-0.05, 0) is 61.9 Å². The second-order valence-electron chi connectivity index (χ2n) is 7.77. The highest BCUT2D eigenvalue weighted by molar-refractivity contribution is 7.92. The molecule has 0 aliphatic carbocycles. The molecule has 0 atom stereocenters. The maximum absolute atomic E-state index is 12.9. The van der Waals surface area contributed by atoms with E-state index in [1.807, 2.05) is 25.1 Å². The van der Waals surface area contributed by atoms with Crippen molar-refractivity contribution < 1.29 is 13.2 Å². The van der Waals surface area contributed by atoms with E-state index in [1.165, 1.54) is 16.1 Å². The normalized spacial score (nSPS) is 11.5. The molecular weight excluding hydrogens is 454 g/mol. The van der Waals surface area contributed by atoms with Crippen molar-refractivity contribution in [2.24, 2.45) is 0 Å². The second-order valence-corrected chi connectivity index (χ2v) is 10.9. The third-order valence-corrected chi connectivity index (χ3v) is 8.26. The molecule has 8 heteroatoms. The number of nitrogens with one attached hydrogen (secondary N) is 1. The van der Waals surface area contributed by atoms with Crippen molar-refractivity contribution in [3.63, 3.8) is 0 Å². The number of carbonyl (C=O) groups excluding carboxylic acids is 1. The molecule has 6 nitrogen and oxygen atoms in total. The molecule has 170 valence electrons. The molecule has 1 aromatic heterocycles. The number of anilines is 1. The molecule has 0 saturated carbocycles. The third-order valence-electron chi connectivity index (χ3n) is 5.36. The van der Waals surface area contributed by atoms with Crippen LogP contribution in [0.25, 0.3) is 10.2 Å². The number of benzene rings is 3. The number of carbonyl (C=O) groups is 1. The minimum Gasteiger partial charge on any atom is -0.352 e. The van der Waals surface area contributed by atoms with Crippen LogP contribution in [0.15, 0.2) is 77.7 Å². The van der Waals surface area contributed by atoms with E-state index in [9.17, 15) is 13.2 Å². The Bertz CT molecular complexity index is 1330. The van der Waals surface area contributed by atoms with Gasteiger partial charge in [-0.25, -0.2) is 13.4 Å². The molecule has 0 saturated heterocycles. The van der Waals surface area contributed by atoms with Crippen LogP contribution in [0.2, 0.25) is 0 Å². The predicted molar refractivity (Wildman–Crippen MR) is 133 cm³/mol. The van der Waals surface area contributed by atoms with Crippen molar-refractivity contribution in [2.45, 2.75) is 24.7 Å². The van der Waals surface area contributed by atoms with E-state index in [0.717, 1.165) is 28.9 Å². The van der Waals surface area contributed by atoms with Crippen molar-refractivity contribution in [1.82, 2.24) is 10.3 Å². The molecule has 0 aliphatic heterocycles. The van der Waals surface area contributed by atoms with E-state index in [-0.39, 0.29) is 10.8 Å². The summed E-state index contributed by atoms with van der Waals surface area (Å²) >= 11 is 1.68. The zero-order valence-electron chi connectivity index (χ0n) is 18.5. The van der Waals surface area contributed by atoms with Gasteiger partial charge in [-0.1, -0.05) is 29.8 Å². The van der Waals surface area contributed by atoms with E-state index in [1.54, 1.807) is 59.9 Å². The molecule has 0 spiro atoms. The number of hydrogen-bond donors (Lipinski definition) is 1. The predicted octanol–water partition coefficient (Wildman–Crippen LogP) is 4.79. The van der Waals surface area contributed by atoms with E-state index in [2.05, 4.69) is 16.4 Å². The molecule has 1 heterocycles. The molecule has 0 bridgehead atoms. The lowest BCUT2D eigenvalue weighted by Gasteiger charge is -2.20. The lowest BCUT2D eigenvalue weighted by Crippen LogP contribution is -2.27. The van der Waals surface area contributed by atoms with Crippen molar-refractivity contribution >= 4 is 43.2 Å². The van der Waals surface area contributed by atoms with E-state index in [4.69, 9.17) is 0 Å². The first-order valence-corrected chi connectivity index (χ1v) is 12.9. The molecule has 0 radical (unpaired) electrons. The van der Waals surface area contributed by atoms with Crippen LogP contribution in [0.1, 0.15) is 27.3 Å².